The molecule has 1 aromatic carbocycles. The van der Waals surface area contributed by atoms with Gasteiger partial charge in [-0.25, -0.2) is 22.2 Å². The van der Waals surface area contributed by atoms with Crippen LogP contribution < -0.4 is 10.0 Å². The van der Waals surface area contributed by atoms with Gasteiger partial charge in [0.1, 0.15) is 10.7 Å². The number of hydrogen-bond donors (Lipinski definition) is 2. The minimum absolute atomic E-state index is 0.0629. The van der Waals surface area contributed by atoms with Crippen LogP contribution in [0.5, 0.6) is 0 Å². The van der Waals surface area contributed by atoms with Crippen molar-refractivity contribution >= 4 is 21.5 Å². The summed E-state index contributed by atoms with van der Waals surface area (Å²) >= 11 is 0. The Morgan fingerprint density at radius 1 is 1.10 bits per heavy atom. The van der Waals surface area contributed by atoms with Crippen LogP contribution in [0.4, 0.5) is 20.3 Å². The molecule has 1 saturated heterocycles. The van der Waals surface area contributed by atoms with E-state index in [1.165, 1.54) is 12.3 Å². The predicted octanol–water partition coefficient (Wildman–Crippen LogP) is 2.21. The lowest BCUT2D eigenvalue weighted by Crippen LogP contribution is -2.49. The van der Waals surface area contributed by atoms with Crippen molar-refractivity contribution in [2.75, 3.05) is 49.8 Å². The van der Waals surface area contributed by atoms with Crippen molar-refractivity contribution in [3.05, 3.63) is 48.2 Å². The number of pyridine rings is 1. The Morgan fingerprint density at radius 2 is 1.83 bits per heavy atom. The van der Waals surface area contributed by atoms with Gasteiger partial charge in [-0.3, -0.25) is 9.62 Å². The minimum Gasteiger partial charge on any atom is -0.369 e. The number of hydrogen-bond acceptors (Lipinski definition) is 6. The number of nitrogens with one attached hydrogen (secondary N) is 2. The molecule has 0 aliphatic carbocycles. The Hall–Kier alpha value is -2.30. The molecule has 1 aliphatic heterocycles. The lowest BCUT2D eigenvalue weighted by molar-refractivity contribution is 0.123. The van der Waals surface area contributed by atoms with Crippen molar-refractivity contribution in [3.63, 3.8) is 0 Å². The van der Waals surface area contributed by atoms with E-state index in [-0.39, 0.29) is 10.6 Å². The molecule has 29 heavy (non-hydrogen) atoms. The summed E-state index contributed by atoms with van der Waals surface area (Å²) in [6, 6.07) is 6.12. The number of rotatable bonds is 7. The third-order valence-electron chi connectivity index (χ3n) is 4.96. The molecule has 158 valence electrons. The number of likely N-dealkylation sites (N-methyl/N-ethyl adjacent to an activating group) is 1. The minimum atomic E-state index is -3.96. The largest absolute Gasteiger partial charge is 0.369 e. The summed E-state index contributed by atoms with van der Waals surface area (Å²) in [7, 11) is -1.84. The van der Waals surface area contributed by atoms with Crippen LogP contribution in [0.3, 0.4) is 0 Å². The molecule has 1 atom stereocenters. The SMILES string of the molecule is CC(CNc1ccc(S(=O)(=O)Nc2ccc(F)c(F)c2)cn1)N1CCN(C)CC1. The number of piperazine rings is 1. The van der Waals surface area contributed by atoms with E-state index in [9.17, 15) is 17.2 Å². The number of halogens is 2. The van der Waals surface area contributed by atoms with E-state index in [1.54, 1.807) is 6.07 Å². The van der Waals surface area contributed by atoms with Crippen LogP contribution in [0.15, 0.2) is 41.4 Å². The smallest absolute Gasteiger partial charge is 0.263 e. The lowest BCUT2D eigenvalue weighted by Gasteiger charge is -2.36. The standard InChI is InChI=1S/C19H25F2N5O2S/c1-14(26-9-7-25(2)8-10-26)12-22-19-6-4-16(13-23-19)29(27,28)24-15-3-5-17(20)18(21)11-15/h3-6,11,13-14,24H,7-10,12H2,1-2H3,(H,22,23). The van der Waals surface area contributed by atoms with E-state index in [2.05, 4.69) is 38.8 Å². The second-order valence-electron chi connectivity index (χ2n) is 7.18. The predicted molar refractivity (Wildman–Crippen MR) is 108 cm³/mol. The fourth-order valence-corrected chi connectivity index (χ4v) is 4.06. The summed E-state index contributed by atoms with van der Waals surface area (Å²) in [6.07, 6.45) is 1.23. The molecule has 2 N–H and O–H groups in total. The Labute approximate surface area is 169 Å². The normalized spacial score (nSPS) is 17.1. The Balaban J connectivity index is 1.58. The second kappa shape index (κ2) is 9.02. The number of sulfonamides is 1. The maximum absolute atomic E-state index is 13.3. The Kier molecular flexibility index (Phi) is 6.66. The Bertz CT molecular complexity index is 932. The molecule has 1 fully saturated rings. The maximum Gasteiger partial charge on any atom is 0.263 e. The van der Waals surface area contributed by atoms with Gasteiger partial charge >= 0.3 is 0 Å². The van der Waals surface area contributed by atoms with Gasteiger partial charge in [-0.15, -0.1) is 0 Å². The fourth-order valence-electron chi connectivity index (χ4n) is 3.06. The third kappa shape index (κ3) is 5.62. The molecule has 2 heterocycles. The molecule has 7 nitrogen and oxygen atoms in total. The molecule has 3 rings (SSSR count). The van der Waals surface area contributed by atoms with Crippen molar-refractivity contribution < 1.29 is 17.2 Å². The number of benzene rings is 1. The van der Waals surface area contributed by atoms with Crippen molar-refractivity contribution in [1.29, 1.82) is 0 Å². The van der Waals surface area contributed by atoms with E-state index in [4.69, 9.17) is 0 Å². The molecule has 2 aromatic rings. The van der Waals surface area contributed by atoms with Gasteiger partial charge in [-0.05, 0) is 38.2 Å². The molecular formula is C19H25F2N5O2S. The molecular weight excluding hydrogens is 400 g/mol. The highest BCUT2D eigenvalue weighted by atomic mass is 32.2. The number of anilines is 2. The molecule has 0 radical (unpaired) electrons. The van der Waals surface area contributed by atoms with Crippen LogP contribution in [0.25, 0.3) is 0 Å². The number of aromatic nitrogens is 1. The monoisotopic (exact) mass is 425 g/mol. The molecule has 0 spiro atoms. The molecule has 0 saturated carbocycles. The first-order chi connectivity index (χ1) is 13.7. The van der Waals surface area contributed by atoms with E-state index in [0.29, 0.717) is 18.4 Å². The van der Waals surface area contributed by atoms with Gasteiger partial charge < -0.3 is 10.2 Å². The van der Waals surface area contributed by atoms with E-state index in [0.717, 1.165) is 44.4 Å². The summed E-state index contributed by atoms with van der Waals surface area (Å²) in [6.45, 7) is 6.94. The molecule has 0 bridgehead atoms. The number of nitrogens with zero attached hydrogens (tertiary/aromatic N) is 3. The van der Waals surface area contributed by atoms with Gasteiger partial charge in [0.2, 0.25) is 0 Å². The van der Waals surface area contributed by atoms with Crippen LogP contribution in [0.2, 0.25) is 0 Å². The zero-order chi connectivity index (χ0) is 21.0. The highest BCUT2D eigenvalue weighted by molar-refractivity contribution is 7.92. The van der Waals surface area contributed by atoms with Gasteiger partial charge in [0.15, 0.2) is 11.6 Å². The summed E-state index contributed by atoms with van der Waals surface area (Å²) in [5, 5.41) is 3.22. The third-order valence-corrected chi connectivity index (χ3v) is 6.32. The van der Waals surface area contributed by atoms with Crippen LogP contribution in [0, 0.1) is 11.6 Å². The first-order valence-corrected chi connectivity index (χ1v) is 10.8. The fraction of sp³-hybridized carbons (Fsp3) is 0.421. The highest BCUT2D eigenvalue weighted by Gasteiger charge is 2.19. The van der Waals surface area contributed by atoms with Crippen LogP contribution in [-0.2, 0) is 10.0 Å². The van der Waals surface area contributed by atoms with E-state index in [1.807, 2.05) is 0 Å². The maximum atomic E-state index is 13.3. The second-order valence-corrected chi connectivity index (χ2v) is 8.87. The highest BCUT2D eigenvalue weighted by Crippen LogP contribution is 2.19. The van der Waals surface area contributed by atoms with Crippen molar-refractivity contribution in [2.24, 2.45) is 0 Å². The van der Waals surface area contributed by atoms with Gasteiger partial charge in [0, 0.05) is 51.0 Å². The summed E-state index contributed by atoms with van der Waals surface area (Å²) in [5.41, 5.74) is -0.0629. The van der Waals surface area contributed by atoms with Crippen molar-refractivity contribution in [1.82, 2.24) is 14.8 Å². The summed E-state index contributed by atoms with van der Waals surface area (Å²) in [5.74, 6) is -1.61. The van der Waals surface area contributed by atoms with Gasteiger partial charge in [-0.2, -0.15) is 0 Å². The zero-order valence-corrected chi connectivity index (χ0v) is 17.2. The lowest BCUT2D eigenvalue weighted by atomic mass is 10.2. The molecule has 1 unspecified atom stereocenters. The van der Waals surface area contributed by atoms with Gasteiger partial charge in [0.25, 0.3) is 10.0 Å². The van der Waals surface area contributed by atoms with Gasteiger partial charge in [0.05, 0.1) is 5.69 Å². The van der Waals surface area contributed by atoms with Crippen LogP contribution in [-0.4, -0.2) is 69.0 Å². The first kappa shape index (κ1) is 21.4. The average Bonchev–Trinajstić information content (AvgIpc) is 2.69. The van der Waals surface area contributed by atoms with E-state index >= 15 is 0 Å². The Morgan fingerprint density at radius 3 is 2.45 bits per heavy atom. The topological polar surface area (TPSA) is 77.6 Å². The van der Waals surface area contributed by atoms with Crippen LogP contribution >= 0.6 is 0 Å². The first-order valence-electron chi connectivity index (χ1n) is 9.35. The summed E-state index contributed by atoms with van der Waals surface area (Å²) in [4.78, 5) is 8.78. The molecule has 1 aromatic heterocycles. The average molecular weight is 426 g/mol. The van der Waals surface area contributed by atoms with E-state index < -0.39 is 21.7 Å². The van der Waals surface area contributed by atoms with Gasteiger partial charge in [-0.1, -0.05) is 0 Å². The molecule has 0 amide bonds. The molecule has 1 aliphatic rings. The zero-order valence-electron chi connectivity index (χ0n) is 16.4. The van der Waals surface area contributed by atoms with Crippen molar-refractivity contribution in [3.8, 4) is 0 Å². The summed E-state index contributed by atoms with van der Waals surface area (Å²) < 4.78 is 53.3. The van der Waals surface area contributed by atoms with Crippen LogP contribution in [0.1, 0.15) is 6.92 Å². The van der Waals surface area contributed by atoms with Crippen molar-refractivity contribution in [2.45, 2.75) is 17.9 Å². The quantitative estimate of drug-likeness (QED) is 0.708. The molecule has 10 heteroatoms.